The summed E-state index contributed by atoms with van der Waals surface area (Å²) in [5.41, 5.74) is 8.74. The number of rotatable bonds is 8. The molecule has 0 fully saturated rings. The van der Waals surface area contributed by atoms with E-state index in [-0.39, 0.29) is 5.56 Å². The van der Waals surface area contributed by atoms with E-state index in [1.807, 2.05) is 54.9 Å². The average Bonchev–Trinajstić information content (AvgIpc) is 3.39. The van der Waals surface area contributed by atoms with Gasteiger partial charge in [-0.1, -0.05) is 6.07 Å². The van der Waals surface area contributed by atoms with E-state index in [2.05, 4.69) is 20.3 Å². The molecule has 12 heteroatoms. The summed E-state index contributed by atoms with van der Waals surface area (Å²) < 4.78 is 43.2. The Bertz CT molecular complexity index is 1800. The quantitative estimate of drug-likeness (QED) is 0.242. The van der Waals surface area contributed by atoms with Gasteiger partial charge in [0.05, 0.1) is 16.8 Å². The number of nitrogens with one attached hydrogen (secondary N) is 1. The molecule has 0 atom stereocenters. The molecule has 0 saturated carbocycles. The number of carbonyl (C=O) groups is 1. The van der Waals surface area contributed by atoms with Crippen molar-refractivity contribution in [2.24, 2.45) is 0 Å². The lowest BCUT2D eigenvalue weighted by atomic mass is 10.0. The third kappa shape index (κ3) is 6.59. The summed E-state index contributed by atoms with van der Waals surface area (Å²) >= 11 is 0. The number of hydrogen-bond acceptors (Lipinski definition) is 7. The van der Waals surface area contributed by atoms with Crippen LogP contribution in [0.3, 0.4) is 0 Å². The Balaban J connectivity index is 1.46. The van der Waals surface area contributed by atoms with Crippen LogP contribution in [0.15, 0.2) is 73.3 Å². The fourth-order valence-corrected chi connectivity index (χ4v) is 4.65. The standard InChI is InChI=1S/C31H31F3N8O/c1-19-5-6-23(39-30(43)21-11-22(31(32,33)34)13-24(12-21)41(4)10-9-40(2)3)14-25(19)26-15-27-20(17-36-26)7-8-42(27)29-16-28(35)37-18-38-29/h5-8,11-18H,9-10H2,1-4H3,(H,39,43)(H2,35,37,38). The van der Waals surface area contributed by atoms with Gasteiger partial charge in [0.2, 0.25) is 0 Å². The van der Waals surface area contributed by atoms with Crippen LogP contribution in [-0.4, -0.2) is 64.6 Å². The van der Waals surface area contributed by atoms with E-state index < -0.39 is 17.6 Å². The molecular weight excluding hydrogens is 557 g/mol. The molecule has 5 rings (SSSR count). The summed E-state index contributed by atoms with van der Waals surface area (Å²) in [5, 5.41) is 3.66. The molecule has 0 unspecified atom stereocenters. The highest BCUT2D eigenvalue weighted by atomic mass is 19.4. The van der Waals surface area contributed by atoms with Crippen LogP contribution in [0.1, 0.15) is 21.5 Å². The van der Waals surface area contributed by atoms with Gasteiger partial charge in [0, 0.05) is 66.5 Å². The molecule has 1 amide bonds. The topological polar surface area (TPSA) is 105 Å². The highest BCUT2D eigenvalue weighted by Gasteiger charge is 2.32. The first-order chi connectivity index (χ1) is 20.4. The number of nitrogens with zero attached hydrogens (tertiary/aromatic N) is 6. The van der Waals surface area contributed by atoms with Crippen molar-refractivity contribution in [2.75, 3.05) is 50.2 Å². The van der Waals surface area contributed by atoms with Gasteiger partial charge in [0.1, 0.15) is 18.0 Å². The van der Waals surface area contributed by atoms with E-state index in [1.165, 1.54) is 12.4 Å². The Morgan fingerprint density at radius 2 is 1.77 bits per heavy atom. The third-order valence-electron chi connectivity index (χ3n) is 7.10. The zero-order valence-corrected chi connectivity index (χ0v) is 24.1. The third-order valence-corrected chi connectivity index (χ3v) is 7.10. The Hall–Kier alpha value is -4.97. The van der Waals surface area contributed by atoms with E-state index in [1.54, 1.807) is 36.3 Å². The van der Waals surface area contributed by atoms with Gasteiger partial charge in [0.15, 0.2) is 0 Å². The van der Waals surface area contributed by atoms with E-state index in [9.17, 15) is 18.0 Å². The fourth-order valence-electron chi connectivity index (χ4n) is 4.65. The lowest BCUT2D eigenvalue weighted by Gasteiger charge is -2.23. The molecule has 0 saturated heterocycles. The number of benzene rings is 2. The van der Waals surface area contributed by atoms with Crippen molar-refractivity contribution in [1.82, 2.24) is 24.4 Å². The summed E-state index contributed by atoms with van der Waals surface area (Å²) in [7, 11) is 5.47. The van der Waals surface area contributed by atoms with Gasteiger partial charge in [-0.05, 0) is 69.0 Å². The molecule has 9 nitrogen and oxygen atoms in total. The highest BCUT2D eigenvalue weighted by Crippen LogP contribution is 2.34. The number of halogens is 3. The molecule has 0 aliphatic carbocycles. The highest BCUT2D eigenvalue weighted by molar-refractivity contribution is 6.05. The minimum Gasteiger partial charge on any atom is -0.384 e. The van der Waals surface area contributed by atoms with Gasteiger partial charge in [-0.25, -0.2) is 9.97 Å². The van der Waals surface area contributed by atoms with E-state index >= 15 is 0 Å². The number of nitrogen functional groups attached to an aromatic ring is 1. The van der Waals surface area contributed by atoms with Crippen molar-refractivity contribution in [3.05, 3.63) is 90.0 Å². The number of pyridine rings is 1. The number of anilines is 3. The maximum atomic E-state index is 13.8. The molecule has 0 bridgehead atoms. The Morgan fingerprint density at radius 1 is 0.977 bits per heavy atom. The second-order valence-electron chi connectivity index (χ2n) is 10.6. The number of hydrogen-bond donors (Lipinski definition) is 2. The number of aryl methyl sites for hydroxylation is 1. The molecule has 0 aliphatic rings. The van der Waals surface area contributed by atoms with Crippen LogP contribution in [0.2, 0.25) is 0 Å². The minimum atomic E-state index is -4.61. The lowest BCUT2D eigenvalue weighted by molar-refractivity contribution is -0.137. The predicted molar refractivity (Wildman–Crippen MR) is 162 cm³/mol. The fraction of sp³-hybridized carbons (Fsp3) is 0.226. The van der Waals surface area contributed by atoms with E-state index in [4.69, 9.17) is 5.73 Å². The zero-order chi connectivity index (χ0) is 30.9. The number of carbonyl (C=O) groups excluding carboxylic acids is 1. The number of alkyl halides is 3. The number of nitrogens with two attached hydrogens (primary N) is 1. The Labute approximate surface area is 246 Å². The van der Waals surface area contributed by atoms with Crippen molar-refractivity contribution in [3.8, 4) is 17.1 Å². The smallest absolute Gasteiger partial charge is 0.384 e. The first-order valence-corrected chi connectivity index (χ1v) is 13.4. The van der Waals surface area contributed by atoms with Crippen LogP contribution >= 0.6 is 0 Å². The Kier molecular flexibility index (Phi) is 8.05. The number of fused-ring (bicyclic) bond motifs is 1. The molecule has 3 aromatic heterocycles. The molecule has 0 spiro atoms. The maximum absolute atomic E-state index is 13.8. The van der Waals surface area contributed by atoms with E-state index in [0.717, 1.165) is 34.2 Å². The normalized spacial score (nSPS) is 11.7. The summed E-state index contributed by atoms with van der Waals surface area (Å²) in [4.78, 5) is 29.8. The van der Waals surface area contributed by atoms with Gasteiger partial charge < -0.3 is 25.4 Å². The SMILES string of the molecule is Cc1ccc(NC(=O)c2cc(N(C)CCN(C)C)cc(C(F)(F)F)c2)cc1-c1cc2c(ccn2-c2cc(N)ncn2)cn1. The van der Waals surface area contributed by atoms with Crippen molar-refractivity contribution >= 4 is 34.0 Å². The van der Waals surface area contributed by atoms with Gasteiger partial charge in [-0.3, -0.25) is 9.78 Å². The molecule has 43 heavy (non-hydrogen) atoms. The second-order valence-corrected chi connectivity index (χ2v) is 10.6. The summed E-state index contributed by atoms with van der Waals surface area (Å²) in [5.74, 6) is 0.292. The molecule has 5 aromatic rings. The minimum absolute atomic E-state index is 0.0925. The summed E-state index contributed by atoms with van der Waals surface area (Å²) in [6.45, 7) is 3.04. The van der Waals surface area contributed by atoms with Crippen LogP contribution in [0.4, 0.5) is 30.4 Å². The molecule has 3 N–H and O–H groups in total. The van der Waals surface area contributed by atoms with Crippen molar-refractivity contribution in [3.63, 3.8) is 0 Å². The van der Waals surface area contributed by atoms with Crippen molar-refractivity contribution in [2.45, 2.75) is 13.1 Å². The Morgan fingerprint density at radius 3 is 2.49 bits per heavy atom. The second kappa shape index (κ2) is 11.7. The van der Waals surface area contributed by atoms with Crippen LogP contribution in [0.25, 0.3) is 28.0 Å². The van der Waals surface area contributed by atoms with Crippen LogP contribution in [0.5, 0.6) is 0 Å². The molecule has 0 radical (unpaired) electrons. The van der Waals surface area contributed by atoms with Crippen molar-refractivity contribution in [1.29, 1.82) is 0 Å². The predicted octanol–water partition coefficient (Wildman–Crippen LogP) is 5.64. The number of aromatic nitrogens is 4. The molecule has 3 heterocycles. The summed E-state index contributed by atoms with van der Waals surface area (Å²) in [6.07, 6.45) is 0.393. The first-order valence-electron chi connectivity index (χ1n) is 13.4. The average molecular weight is 589 g/mol. The van der Waals surface area contributed by atoms with Crippen LogP contribution < -0.4 is 16.0 Å². The van der Waals surface area contributed by atoms with Crippen LogP contribution in [-0.2, 0) is 6.18 Å². The summed E-state index contributed by atoms with van der Waals surface area (Å²) in [6, 6.07) is 14.2. The van der Waals surface area contributed by atoms with E-state index in [0.29, 0.717) is 41.8 Å². The molecule has 222 valence electrons. The van der Waals surface area contributed by atoms with Gasteiger partial charge in [0.25, 0.3) is 5.91 Å². The van der Waals surface area contributed by atoms with Gasteiger partial charge >= 0.3 is 6.18 Å². The van der Waals surface area contributed by atoms with Crippen molar-refractivity contribution < 1.29 is 18.0 Å². The lowest BCUT2D eigenvalue weighted by Crippen LogP contribution is -2.29. The molecule has 0 aliphatic heterocycles. The zero-order valence-electron chi connectivity index (χ0n) is 24.1. The molecular formula is C31H31F3N8O. The van der Waals surface area contributed by atoms with Gasteiger partial charge in [-0.15, -0.1) is 0 Å². The van der Waals surface area contributed by atoms with Gasteiger partial charge in [-0.2, -0.15) is 13.2 Å². The number of likely N-dealkylation sites (N-methyl/N-ethyl adjacent to an activating group) is 2. The molecule has 2 aromatic carbocycles. The maximum Gasteiger partial charge on any atom is 0.416 e. The monoisotopic (exact) mass is 588 g/mol. The van der Waals surface area contributed by atoms with Crippen LogP contribution in [0, 0.1) is 6.92 Å². The number of amides is 1. The largest absolute Gasteiger partial charge is 0.416 e. The first kappa shape index (κ1) is 29.5.